The number of nitrogens with one attached hydrogen (secondary N) is 1. The van der Waals surface area contributed by atoms with Crippen LogP contribution < -0.4 is 5.32 Å². The largest absolute Gasteiger partial charge is 0.363 e. The SMILES string of the molecule is CC(Nc1cc(Br)ncn1)c1ccncc1. The molecule has 0 fully saturated rings. The standard InChI is InChI=1S/C11H11BrN4/c1-8(9-2-4-13-5-3-9)16-11-6-10(12)14-7-15-11/h2-8H,1H3,(H,14,15,16). The third-order valence-electron chi connectivity index (χ3n) is 2.20. The van der Waals surface area contributed by atoms with Crippen molar-refractivity contribution < 1.29 is 0 Å². The first-order chi connectivity index (χ1) is 7.75. The van der Waals surface area contributed by atoms with E-state index in [-0.39, 0.29) is 6.04 Å². The normalized spacial score (nSPS) is 12.1. The van der Waals surface area contributed by atoms with Crippen molar-refractivity contribution in [3.63, 3.8) is 0 Å². The summed E-state index contributed by atoms with van der Waals surface area (Å²) in [4.78, 5) is 12.1. The van der Waals surface area contributed by atoms with Gasteiger partial charge in [-0.05, 0) is 40.5 Å². The first kappa shape index (κ1) is 11.0. The lowest BCUT2D eigenvalue weighted by Crippen LogP contribution is -2.07. The van der Waals surface area contributed by atoms with Crippen LogP contribution in [-0.4, -0.2) is 15.0 Å². The molecular formula is C11H11BrN4. The summed E-state index contributed by atoms with van der Waals surface area (Å²) in [7, 11) is 0. The summed E-state index contributed by atoms with van der Waals surface area (Å²) in [5.41, 5.74) is 1.17. The molecule has 0 radical (unpaired) electrons. The Morgan fingerprint density at radius 2 is 2.00 bits per heavy atom. The van der Waals surface area contributed by atoms with Gasteiger partial charge in [-0.2, -0.15) is 0 Å². The maximum absolute atomic E-state index is 4.14. The van der Waals surface area contributed by atoms with Gasteiger partial charge in [-0.3, -0.25) is 4.98 Å². The Kier molecular flexibility index (Phi) is 3.46. The average Bonchev–Trinajstić information content (AvgIpc) is 2.30. The lowest BCUT2D eigenvalue weighted by Gasteiger charge is -2.14. The van der Waals surface area contributed by atoms with E-state index >= 15 is 0 Å². The Morgan fingerprint density at radius 3 is 2.69 bits per heavy atom. The van der Waals surface area contributed by atoms with Gasteiger partial charge in [0.2, 0.25) is 0 Å². The van der Waals surface area contributed by atoms with Crippen molar-refractivity contribution in [1.29, 1.82) is 0 Å². The van der Waals surface area contributed by atoms with Crippen LogP contribution in [0.5, 0.6) is 0 Å². The Morgan fingerprint density at radius 1 is 1.25 bits per heavy atom. The van der Waals surface area contributed by atoms with Crippen LogP contribution in [0, 0.1) is 0 Å². The number of aromatic nitrogens is 3. The van der Waals surface area contributed by atoms with Crippen LogP contribution in [0.4, 0.5) is 5.82 Å². The quantitative estimate of drug-likeness (QED) is 0.878. The molecule has 0 saturated heterocycles. The summed E-state index contributed by atoms with van der Waals surface area (Å²) in [6, 6.07) is 5.99. The summed E-state index contributed by atoms with van der Waals surface area (Å²) in [6.45, 7) is 2.07. The lowest BCUT2D eigenvalue weighted by atomic mass is 10.1. The lowest BCUT2D eigenvalue weighted by molar-refractivity contribution is 0.867. The van der Waals surface area contributed by atoms with Crippen molar-refractivity contribution in [2.75, 3.05) is 5.32 Å². The zero-order valence-electron chi connectivity index (χ0n) is 8.76. The van der Waals surface area contributed by atoms with E-state index in [0.717, 1.165) is 10.4 Å². The number of rotatable bonds is 3. The van der Waals surface area contributed by atoms with E-state index < -0.39 is 0 Å². The minimum absolute atomic E-state index is 0.185. The van der Waals surface area contributed by atoms with E-state index in [2.05, 4.69) is 43.1 Å². The average molecular weight is 279 g/mol. The molecule has 2 aromatic rings. The molecule has 1 unspecified atom stereocenters. The van der Waals surface area contributed by atoms with E-state index in [1.165, 1.54) is 11.9 Å². The molecule has 0 aromatic carbocycles. The van der Waals surface area contributed by atoms with Gasteiger partial charge in [-0.1, -0.05) is 0 Å². The number of nitrogens with zero attached hydrogens (tertiary/aromatic N) is 3. The van der Waals surface area contributed by atoms with Crippen molar-refractivity contribution in [2.24, 2.45) is 0 Å². The van der Waals surface area contributed by atoms with Crippen molar-refractivity contribution in [3.05, 3.63) is 47.1 Å². The summed E-state index contributed by atoms with van der Waals surface area (Å²) in [6.07, 6.45) is 5.08. The van der Waals surface area contributed by atoms with Crippen LogP contribution in [-0.2, 0) is 0 Å². The minimum atomic E-state index is 0.185. The van der Waals surface area contributed by atoms with Gasteiger partial charge < -0.3 is 5.32 Å². The van der Waals surface area contributed by atoms with Crippen LogP contribution in [0.25, 0.3) is 0 Å². The van der Waals surface area contributed by atoms with E-state index in [1.807, 2.05) is 18.2 Å². The molecule has 0 amide bonds. The van der Waals surface area contributed by atoms with Crippen LogP contribution in [0.15, 0.2) is 41.5 Å². The molecule has 82 valence electrons. The predicted octanol–water partition coefficient (Wildman–Crippen LogP) is 2.81. The van der Waals surface area contributed by atoms with E-state index in [4.69, 9.17) is 0 Å². The number of pyridine rings is 1. The molecular weight excluding hydrogens is 268 g/mol. The smallest absolute Gasteiger partial charge is 0.130 e. The molecule has 0 spiro atoms. The Hall–Kier alpha value is -1.49. The molecule has 0 aliphatic heterocycles. The number of hydrogen-bond donors (Lipinski definition) is 1. The molecule has 1 atom stereocenters. The zero-order valence-corrected chi connectivity index (χ0v) is 10.3. The second-order valence-electron chi connectivity index (χ2n) is 3.37. The summed E-state index contributed by atoms with van der Waals surface area (Å²) in [5, 5.41) is 3.29. The second-order valence-corrected chi connectivity index (χ2v) is 4.19. The molecule has 0 aliphatic rings. The fourth-order valence-electron chi connectivity index (χ4n) is 1.37. The second kappa shape index (κ2) is 5.03. The highest BCUT2D eigenvalue weighted by Gasteiger charge is 2.05. The molecule has 0 saturated carbocycles. The molecule has 2 heterocycles. The highest BCUT2D eigenvalue weighted by Crippen LogP contribution is 2.18. The van der Waals surface area contributed by atoms with Gasteiger partial charge in [-0.25, -0.2) is 9.97 Å². The Balaban J connectivity index is 2.11. The number of hydrogen-bond acceptors (Lipinski definition) is 4. The number of anilines is 1. The molecule has 4 nitrogen and oxygen atoms in total. The Bertz CT molecular complexity index is 461. The highest BCUT2D eigenvalue weighted by atomic mass is 79.9. The summed E-state index contributed by atoms with van der Waals surface area (Å²) in [5.74, 6) is 0.797. The first-order valence-corrected chi connectivity index (χ1v) is 5.69. The van der Waals surface area contributed by atoms with Crippen LogP contribution in [0.3, 0.4) is 0 Å². The topological polar surface area (TPSA) is 50.7 Å². The van der Waals surface area contributed by atoms with Gasteiger partial charge in [-0.15, -0.1) is 0 Å². The van der Waals surface area contributed by atoms with Crippen LogP contribution in [0.2, 0.25) is 0 Å². The fraction of sp³-hybridized carbons (Fsp3) is 0.182. The maximum Gasteiger partial charge on any atom is 0.130 e. The van der Waals surface area contributed by atoms with E-state index in [0.29, 0.717) is 0 Å². The van der Waals surface area contributed by atoms with Crippen LogP contribution >= 0.6 is 15.9 Å². The highest BCUT2D eigenvalue weighted by molar-refractivity contribution is 9.10. The van der Waals surface area contributed by atoms with E-state index in [9.17, 15) is 0 Å². The first-order valence-electron chi connectivity index (χ1n) is 4.90. The number of halogens is 1. The van der Waals surface area contributed by atoms with Gasteiger partial charge in [0.15, 0.2) is 0 Å². The summed E-state index contributed by atoms with van der Waals surface area (Å²) < 4.78 is 0.770. The predicted molar refractivity (Wildman–Crippen MR) is 66.0 cm³/mol. The fourth-order valence-corrected chi connectivity index (χ4v) is 1.68. The minimum Gasteiger partial charge on any atom is -0.363 e. The van der Waals surface area contributed by atoms with E-state index in [1.54, 1.807) is 12.4 Å². The van der Waals surface area contributed by atoms with Crippen molar-refractivity contribution >= 4 is 21.7 Å². The third kappa shape index (κ3) is 2.76. The van der Waals surface area contributed by atoms with Gasteiger partial charge in [0, 0.05) is 18.5 Å². The van der Waals surface area contributed by atoms with Gasteiger partial charge >= 0.3 is 0 Å². The Labute approximate surface area is 102 Å². The molecule has 0 aliphatic carbocycles. The molecule has 0 bridgehead atoms. The molecule has 1 N–H and O–H groups in total. The zero-order chi connectivity index (χ0) is 11.4. The van der Waals surface area contributed by atoms with Gasteiger partial charge in [0.05, 0.1) is 6.04 Å². The van der Waals surface area contributed by atoms with Crippen LogP contribution in [0.1, 0.15) is 18.5 Å². The van der Waals surface area contributed by atoms with Gasteiger partial charge in [0.25, 0.3) is 0 Å². The third-order valence-corrected chi connectivity index (χ3v) is 2.64. The monoisotopic (exact) mass is 278 g/mol. The maximum atomic E-state index is 4.14. The van der Waals surface area contributed by atoms with Crippen molar-refractivity contribution in [1.82, 2.24) is 15.0 Å². The van der Waals surface area contributed by atoms with Crippen molar-refractivity contribution in [3.8, 4) is 0 Å². The van der Waals surface area contributed by atoms with Gasteiger partial charge in [0.1, 0.15) is 16.7 Å². The summed E-state index contributed by atoms with van der Waals surface area (Å²) >= 11 is 3.31. The molecule has 2 rings (SSSR count). The molecule has 5 heteroatoms. The molecule has 2 aromatic heterocycles. The van der Waals surface area contributed by atoms with Crippen molar-refractivity contribution in [2.45, 2.75) is 13.0 Å². The molecule has 16 heavy (non-hydrogen) atoms.